The minimum absolute atomic E-state index is 0.240. The maximum atomic E-state index is 12.7. The van der Waals surface area contributed by atoms with E-state index in [1.807, 2.05) is 44.2 Å². The molecule has 0 atom stereocenters. The van der Waals surface area contributed by atoms with Crippen molar-refractivity contribution in [3.63, 3.8) is 0 Å². The lowest BCUT2D eigenvalue weighted by Crippen LogP contribution is -2.30. The summed E-state index contributed by atoms with van der Waals surface area (Å²) in [6.45, 7) is 4.71. The number of benzene rings is 2. The molecule has 0 unspecified atom stereocenters. The van der Waals surface area contributed by atoms with Gasteiger partial charge < -0.3 is 10.3 Å². The molecule has 0 spiro atoms. The lowest BCUT2D eigenvalue weighted by molar-refractivity contribution is 0.0944. The fourth-order valence-corrected chi connectivity index (χ4v) is 4.85. The highest BCUT2D eigenvalue weighted by atomic mass is 32.2. The first-order chi connectivity index (χ1) is 14.4. The van der Waals surface area contributed by atoms with Crippen molar-refractivity contribution in [1.82, 2.24) is 19.2 Å². The maximum Gasteiger partial charge on any atom is 0.270 e. The van der Waals surface area contributed by atoms with Crippen molar-refractivity contribution in [2.45, 2.75) is 25.3 Å². The van der Waals surface area contributed by atoms with Crippen molar-refractivity contribution in [2.24, 2.45) is 0 Å². The molecular weight excluding hydrogens is 420 g/mol. The van der Waals surface area contributed by atoms with E-state index >= 15 is 0 Å². The third kappa shape index (κ3) is 4.53. The molecule has 0 bridgehead atoms. The minimum atomic E-state index is -3.50. The van der Waals surface area contributed by atoms with Crippen LogP contribution < -0.4 is 5.32 Å². The number of nitrogens with zero attached hydrogens (tertiary/aromatic N) is 2. The quantitative estimate of drug-likeness (QED) is 0.521. The molecule has 0 fully saturated rings. The zero-order valence-electron chi connectivity index (χ0n) is 16.8. The van der Waals surface area contributed by atoms with Crippen molar-refractivity contribution in [1.29, 1.82) is 0 Å². The number of sulfonamides is 1. The van der Waals surface area contributed by atoms with Gasteiger partial charge in [0.1, 0.15) is 5.69 Å². The summed E-state index contributed by atoms with van der Waals surface area (Å²) in [7, 11) is -3.50. The van der Waals surface area contributed by atoms with Crippen LogP contribution in [0, 0.1) is 4.77 Å². The fourth-order valence-electron chi connectivity index (χ4n) is 3.13. The number of imidazole rings is 1. The van der Waals surface area contributed by atoms with E-state index in [9.17, 15) is 13.2 Å². The van der Waals surface area contributed by atoms with Crippen LogP contribution in [0.1, 0.15) is 29.9 Å². The summed E-state index contributed by atoms with van der Waals surface area (Å²) < 4.78 is 28.6. The smallest absolute Gasteiger partial charge is 0.270 e. The van der Waals surface area contributed by atoms with Gasteiger partial charge in [0.2, 0.25) is 10.0 Å². The van der Waals surface area contributed by atoms with Gasteiger partial charge in [-0.15, -0.1) is 0 Å². The Morgan fingerprint density at radius 2 is 1.70 bits per heavy atom. The van der Waals surface area contributed by atoms with Gasteiger partial charge >= 0.3 is 0 Å². The van der Waals surface area contributed by atoms with Crippen LogP contribution in [0.3, 0.4) is 0 Å². The van der Waals surface area contributed by atoms with Crippen molar-refractivity contribution in [3.8, 4) is 5.69 Å². The third-order valence-electron chi connectivity index (χ3n) is 4.74. The lowest BCUT2D eigenvalue weighted by Gasteiger charge is -2.18. The van der Waals surface area contributed by atoms with Gasteiger partial charge in [0.05, 0.1) is 4.90 Å². The minimum Gasteiger partial charge on any atom is -0.347 e. The van der Waals surface area contributed by atoms with Gasteiger partial charge in [-0.25, -0.2) is 8.42 Å². The molecule has 0 saturated heterocycles. The molecule has 3 aromatic rings. The number of hydrogen-bond donors (Lipinski definition) is 2. The third-order valence-corrected chi connectivity index (χ3v) is 7.11. The second kappa shape index (κ2) is 9.38. The summed E-state index contributed by atoms with van der Waals surface area (Å²) in [6.07, 6.45) is 1.57. The lowest BCUT2D eigenvalue weighted by atomic mass is 10.2. The molecule has 0 aliphatic carbocycles. The second-order valence-electron chi connectivity index (χ2n) is 6.57. The van der Waals surface area contributed by atoms with Crippen LogP contribution in [0.2, 0.25) is 0 Å². The number of rotatable bonds is 8. The van der Waals surface area contributed by atoms with Gasteiger partial charge in [-0.2, -0.15) is 4.31 Å². The molecular formula is C21H24N4O3S2. The summed E-state index contributed by atoms with van der Waals surface area (Å²) in [5, 5.41) is 2.86. The van der Waals surface area contributed by atoms with Gasteiger partial charge in [-0.05, 0) is 42.0 Å². The molecule has 9 heteroatoms. The number of H-pyrrole nitrogens is 1. The van der Waals surface area contributed by atoms with E-state index in [-0.39, 0.29) is 17.3 Å². The molecule has 0 aliphatic heterocycles. The summed E-state index contributed by atoms with van der Waals surface area (Å²) in [5.74, 6) is -0.286. The number of carbonyl (C=O) groups excluding carboxylic acids is 1. The Hall–Kier alpha value is -2.75. The van der Waals surface area contributed by atoms with E-state index in [2.05, 4.69) is 10.3 Å². The monoisotopic (exact) mass is 444 g/mol. The standard InChI is InChI=1S/C21H24N4O3S2/c1-3-24(4-2)30(27,28)18-12-10-16(11-13-18)14-22-20(26)19-15-23-21(29)25(19)17-8-6-5-7-9-17/h5-13,15H,3-4,14H2,1-2H3,(H,22,26)(H,23,29). The van der Waals surface area contributed by atoms with Gasteiger partial charge in [0.25, 0.3) is 5.91 Å². The number of amides is 1. The first-order valence-corrected chi connectivity index (χ1v) is 11.5. The summed E-state index contributed by atoms with van der Waals surface area (Å²) in [5.41, 5.74) is 1.98. The second-order valence-corrected chi connectivity index (χ2v) is 8.89. The average molecular weight is 445 g/mol. The molecule has 30 heavy (non-hydrogen) atoms. The van der Waals surface area contributed by atoms with E-state index in [4.69, 9.17) is 12.2 Å². The van der Waals surface area contributed by atoms with Crippen molar-refractivity contribution in [3.05, 3.63) is 76.8 Å². The van der Waals surface area contributed by atoms with E-state index in [1.165, 1.54) is 4.31 Å². The number of carbonyl (C=O) groups is 1. The Kier molecular flexibility index (Phi) is 6.86. The van der Waals surface area contributed by atoms with Crippen LogP contribution in [-0.4, -0.2) is 41.3 Å². The number of aromatic amines is 1. The van der Waals surface area contributed by atoms with Crippen LogP contribution in [0.4, 0.5) is 0 Å². The fraction of sp³-hybridized carbons (Fsp3) is 0.238. The first kappa shape index (κ1) is 21.9. The molecule has 0 aliphatic rings. The van der Waals surface area contributed by atoms with E-state index < -0.39 is 10.0 Å². The molecule has 7 nitrogen and oxygen atoms in total. The van der Waals surface area contributed by atoms with Crippen LogP contribution >= 0.6 is 12.2 Å². The highest BCUT2D eigenvalue weighted by Crippen LogP contribution is 2.17. The van der Waals surface area contributed by atoms with Crippen LogP contribution in [0.25, 0.3) is 5.69 Å². The van der Waals surface area contributed by atoms with Crippen LogP contribution in [-0.2, 0) is 16.6 Å². The van der Waals surface area contributed by atoms with Crippen LogP contribution in [0.15, 0.2) is 65.7 Å². The molecule has 1 amide bonds. The number of hydrogen-bond acceptors (Lipinski definition) is 4. The number of aromatic nitrogens is 2. The Morgan fingerprint density at radius 1 is 1.07 bits per heavy atom. The Bertz CT molecular complexity index is 1160. The molecule has 158 valence electrons. The SMILES string of the molecule is CCN(CC)S(=O)(=O)c1ccc(CNC(=O)c2c[nH]c(=S)n2-c2ccccc2)cc1. The van der Waals surface area contributed by atoms with E-state index in [1.54, 1.807) is 35.0 Å². The van der Waals surface area contributed by atoms with Gasteiger partial charge in [-0.1, -0.05) is 44.2 Å². The summed E-state index contributed by atoms with van der Waals surface area (Å²) in [6, 6.07) is 15.9. The molecule has 1 aromatic heterocycles. The van der Waals surface area contributed by atoms with Crippen molar-refractivity contribution in [2.75, 3.05) is 13.1 Å². The van der Waals surface area contributed by atoms with Gasteiger partial charge in [0, 0.05) is 31.5 Å². The largest absolute Gasteiger partial charge is 0.347 e. The predicted octanol–water partition coefficient (Wildman–Crippen LogP) is 3.50. The summed E-state index contributed by atoms with van der Waals surface area (Å²) >= 11 is 5.31. The molecule has 0 radical (unpaired) electrons. The summed E-state index contributed by atoms with van der Waals surface area (Å²) in [4.78, 5) is 15.9. The zero-order chi connectivity index (χ0) is 21.7. The highest BCUT2D eigenvalue weighted by Gasteiger charge is 2.21. The van der Waals surface area contributed by atoms with Gasteiger partial charge in [-0.3, -0.25) is 9.36 Å². The normalized spacial score (nSPS) is 11.6. The van der Waals surface area contributed by atoms with Gasteiger partial charge in [0.15, 0.2) is 4.77 Å². The average Bonchev–Trinajstić information content (AvgIpc) is 3.15. The highest BCUT2D eigenvalue weighted by molar-refractivity contribution is 7.89. The topological polar surface area (TPSA) is 87.2 Å². The Balaban J connectivity index is 1.73. The molecule has 1 heterocycles. The Labute approximate surface area is 181 Å². The number of nitrogens with one attached hydrogen (secondary N) is 2. The van der Waals surface area contributed by atoms with Crippen LogP contribution in [0.5, 0.6) is 0 Å². The molecule has 2 N–H and O–H groups in total. The first-order valence-electron chi connectivity index (χ1n) is 9.61. The maximum absolute atomic E-state index is 12.7. The predicted molar refractivity (Wildman–Crippen MR) is 119 cm³/mol. The van der Waals surface area contributed by atoms with E-state index in [0.717, 1.165) is 11.3 Å². The zero-order valence-corrected chi connectivity index (χ0v) is 18.5. The van der Waals surface area contributed by atoms with Crippen molar-refractivity contribution < 1.29 is 13.2 Å². The molecule has 2 aromatic carbocycles. The molecule has 3 rings (SSSR count). The van der Waals surface area contributed by atoms with E-state index in [0.29, 0.717) is 23.6 Å². The van der Waals surface area contributed by atoms with Crippen molar-refractivity contribution >= 4 is 28.1 Å². The number of para-hydroxylation sites is 1. The molecule has 0 saturated carbocycles. The Morgan fingerprint density at radius 3 is 2.30 bits per heavy atom.